The molecule has 2 aliphatic rings. The molecule has 0 fully saturated rings. The number of halogens is 3. The number of allylic oxidation sites excluding steroid dienone is 4. The number of hydrogen-bond donors (Lipinski definition) is 0. The summed E-state index contributed by atoms with van der Waals surface area (Å²) in [5.74, 6) is 0. The van der Waals surface area contributed by atoms with E-state index in [1.807, 2.05) is 0 Å². The van der Waals surface area contributed by atoms with Crippen LogP contribution < -0.4 is 14.1 Å². The summed E-state index contributed by atoms with van der Waals surface area (Å²) in [4.78, 5) is 0. The van der Waals surface area contributed by atoms with Crippen LogP contribution in [0.5, 0.6) is 0 Å². The summed E-state index contributed by atoms with van der Waals surface area (Å²) >= 11 is 1.67. The van der Waals surface area contributed by atoms with Gasteiger partial charge in [-0.25, -0.2) is 0 Å². The zero-order valence-corrected chi connectivity index (χ0v) is 9.65. The second-order valence-electron chi connectivity index (χ2n) is 3.09. The van der Waals surface area contributed by atoms with Crippen molar-refractivity contribution in [3.8, 4) is 0 Å². The molecule has 72 valence electrons. The maximum absolute atomic E-state index is 2.38. The van der Waals surface area contributed by atoms with Crippen molar-refractivity contribution >= 4 is 0 Å². The van der Waals surface area contributed by atoms with Crippen LogP contribution in [0.4, 0.5) is 0 Å². The van der Waals surface area contributed by atoms with E-state index in [0.717, 1.165) is 3.63 Å². The third-order valence-corrected chi connectivity index (χ3v) is 3.75. The third-order valence-electron chi connectivity index (χ3n) is 2.42. The van der Waals surface area contributed by atoms with Crippen molar-refractivity contribution < 1.29 is 38.8 Å². The predicted octanol–water partition coefficient (Wildman–Crippen LogP) is -6.23. The normalized spacial score (nSPS) is 24.0. The van der Waals surface area contributed by atoms with E-state index < -0.39 is 0 Å². The van der Waals surface area contributed by atoms with Gasteiger partial charge in [-0.2, -0.15) is 0 Å². The Bertz CT molecular complexity index is 211. The van der Waals surface area contributed by atoms with E-state index in [9.17, 15) is 0 Å². The summed E-state index contributed by atoms with van der Waals surface area (Å²) in [5.41, 5.74) is 3.44. The average molecular weight is 267 g/mol. The van der Waals surface area contributed by atoms with Gasteiger partial charge in [-0.05, 0) is 0 Å². The molecule has 0 radical (unpaired) electrons. The molecule has 0 aromatic heterocycles. The fraction of sp³-hybridized carbons (Fsp3) is 0.556. The Morgan fingerprint density at radius 3 is 2.31 bits per heavy atom. The summed E-state index contributed by atoms with van der Waals surface area (Å²) in [6, 6.07) is 0. The number of rotatable bonds is 0. The van der Waals surface area contributed by atoms with Crippen molar-refractivity contribution in [2.45, 2.75) is 29.3 Å². The molecule has 0 spiro atoms. The topological polar surface area (TPSA) is 0 Å². The molecule has 0 amide bonds. The molecular weight excluding hydrogens is 256 g/mol. The third kappa shape index (κ3) is 3.08. The molecule has 0 aromatic rings. The Kier molecular flexibility index (Phi) is 7.91. The van der Waals surface area contributed by atoms with Gasteiger partial charge in [-0.3, -0.25) is 0 Å². The van der Waals surface area contributed by atoms with Crippen LogP contribution in [0.25, 0.3) is 0 Å². The molecule has 4 heteroatoms. The van der Waals surface area contributed by atoms with E-state index in [-0.39, 0.29) is 14.1 Å². The van der Waals surface area contributed by atoms with Crippen LogP contribution in [0, 0.1) is 0 Å². The van der Waals surface area contributed by atoms with E-state index >= 15 is 0 Å². The predicted molar refractivity (Wildman–Crippen MR) is 38.4 cm³/mol. The van der Waals surface area contributed by atoms with Crippen molar-refractivity contribution in [2.24, 2.45) is 0 Å². The van der Waals surface area contributed by atoms with Gasteiger partial charge in [0.05, 0.1) is 0 Å². The van der Waals surface area contributed by atoms with Crippen molar-refractivity contribution in [3.05, 3.63) is 23.3 Å². The minimum atomic E-state index is 0. The molecule has 0 nitrogen and oxygen atoms in total. The van der Waals surface area contributed by atoms with Crippen molar-refractivity contribution in [1.29, 1.82) is 0 Å². The molecule has 0 aliphatic heterocycles. The summed E-state index contributed by atoms with van der Waals surface area (Å²) in [6.45, 7) is 0. The Morgan fingerprint density at radius 1 is 1.08 bits per heavy atom. The summed E-state index contributed by atoms with van der Waals surface area (Å²) in [5, 5.41) is 0. The average Bonchev–Trinajstić information content (AvgIpc) is 2.34. The van der Waals surface area contributed by atoms with E-state index in [2.05, 4.69) is 12.2 Å². The summed E-state index contributed by atoms with van der Waals surface area (Å²) < 4.78 is 0.850. The van der Waals surface area contributed by atoms with Crippen LogP contribution in [0.15, 0.2) is 23.3 Å². The molecule has 0 aromatic carbocycles. The van der Waals surface area contributed by atoms with Gasteiger partial charge in [0.15, 0.2) is 0 Å². The fourth-order valence-electron chi connectivity index (χ4n) is 1.83. The second kappa shape index (κ2) is 6.58. The molecule has 2 rings (SSSR count). The SMILES string of the molecule is [F-].[F-].[F-].[Zr+3][CH]1C=CC2=C1CCCC2. The molecule has 1 unspecified atom stereocenters. The Balaban J connectivity index is 0. The van der Waals surface area contributed by atoms with Crippen LogP contribution >= 0.6 is 0 Å². The van der Waals surface area contributed by atoms with Gasteiger partial charge < -0.3 is 14.1 Å². The summed E-state index contributed by atoms with van der Waals surface area (Å²) in [6.07, 6.45) is 10.3. The first-order chi connectivity index (χ1) is 4.88. The first-order valence-corrected chi connectivity index (χ1v) is 5.41. The van der Waals surface area contributed by atoms with Gasteiger partial charge in [0, 0.05) is 0 Å². The minimum absolute atomic E-state index is 0. The Hall–Kier alpha value is 0.153. The molecule has 0 saturated heterocycles. The van der Waals surface area contributed by atoms with Crippen LogP contribution in [-0.4, -0.2) is 0 Å². The molecule has 0 heterocycles. The first kappa shape index (κ1) is 15.6. The van der Waals surface area contributed by atoms with Gasteiger partial charge in [-0.15, -0.1) is 0 Å². The maximum atomic E-state index is 2.38. The quantitative estimate of drug-likeness (QED) is 0.410. The van der Waals surface area contributed by atoms with Gasteiger partial charge >= 0.3 is 77.3 Å². The summed E-state index contributed by atoms with van der Waals surface area (Å²) in [7, 11) is 0. The van der Waals surface area contributed by atoms with E-state index in [4.69, 9.17) is 0 Å². The van der Waals surface area contributed by atoms with Crippen molar-refractivity contribution in [3.63, 3.8) is 0 Å². The molecule has 0 N–H and O–H groups in total. The van der Waals surface area contributed by atoms with E-state index in [0.29, 0.717) is 0 Å². The first-order valence-electron chi connectivity index (χ1n) is 3.99. The van der Waals surface area contributed by atoms with Crippen molar-refractivity contribution in [2.75, 3.05) is 0 Å². The Morgan fingerprint density at radius 2 is 1.69 bits per heavy atom. The molecule has 13 heavy (non-hydrogen) atoms. The molecular formula is C9H11F3Zr. The zero-order valence-electron chi connectivity index (χ0n) is 7.19. The van der Waals surface area contributed by atoms with Gasteiger partial charge in [0.1, 0.15) is 0 Å². The van der Waals surface area contributed by atoms with Crippen LogP contribution in [0.3, 0.4) is 0 Å². The molecule has 1 atom stereocenters. The van der Waals surface area contributed by atoms with Gasteiger partial charge in [-0.1, -0.05) is 0 Å². The molecule has 0 saturated carbocycles. The zero-order chi connectivity index (χ0) is 6.97. The second-order valence-corrected chi connectivity index (χ2v) is 4.62. The van der Waals surface area contributed by atoms with Crippen LogP contribution in [-0.2, 0) is 24.7 Å². The molecule has 2 aliphatic carbocycles. The fourth-order valence-corrected chi connectivity index (χ4v) is 2.87. The monoisotopic (exact) mass is 266 g/mol. The standard InChI is InChI=1S/C9H11.3FH.Zr/c1-2-5-9-7-3-6-8(9)4-1;;;;/h3,6-7H,1-2,4-5H2;3*1H;/q;;;;+3/p-3. The van der Waals surface area contributed by atoms with Crippen LogP contribution in [0.1, 0.15) is 25.7 Å². The Labute approximate surface area is 91.4 Å². The van der Waals surface area contributed by atoms with Gasteiger partial charge in [0.2, 0.25) is 0 Å². The number of hydrogen-bond acceptors (Lipinski definition) is 0. The molecule has 0 bridgehead atoms. The van der Waals surface area contributed by atoms with Crippen LogP contribution in [0.2, 0.25) is 3.63 Å². The van der Waals surface area contributed by atoms with Gasteiger partial charge in [0.25, 0.3) is 0 Å². The van der Waals surface area contributed by atoms with E-state index in [1.165, 1.54) is 25.7 Å². The van der Waals surface area contributed by atoms with E-state index in [1.54, 1.807) is 35.9 Å². The van der Waals surface area contributed by atoms with Crippen molar-refractivity contribution in [1.82, 2.24) is 0 Å².